The lowest BCUT2D eigenvalue weighted by Gasteiger charge is -2.21. The van der Waals surface area contributed by atoms with Crippen LogP contribution in [0, 0.1) is 0 Å². The molecule has 2 fully saturated rings. The number of carboxylic acid groups (broad SMARTS) is 1. The second-order valence-corrected chi connectivity index (χ2v) is 7.33. The van der Waals surface area contributed by atoms with Crippen LogP contribution in [0.25, 0.3) is 11.1 Å². The quantitative estimate of drug-likeness (QED) is 0.866. The maximum absolute atomic E-state index is 13.2. The predicted molar refractivity (Wildman–Crippen MR) is 89.6 cm³/mol. The number of carbonyl (C=O) groups excluding carboxylic acids is 1. The van der Waals surface area contributed by atoms with Gasteiger partial charge in [-0.3, -0.25) is 9.59 Å². The third-order valence-corrected chi connectivity index (χ3v) is 4.82. The van der Waals surface area contributed by atoms with Gasteiger partial charge in [-0.1, -0.05) is 19.0 Å². The number of aromatic nitrogens is 2. The molecule has 2 heterocycles. The first-order valence-corrected chi connectivity index (χ1v) is 8.78. The zero-order valence-corrected chi connectivity index (χ0v) is 14.4. The second kappa shape index (κ2) is 5.82. The van der Waals surface area contributed by atoms with Crippen molar-refractivity contribution in [2.24, 2.45) is 0 Å². The Kier molecular flexibility index (Phi) is 3.74. The highest BCUT2D eigenvalue weighted by Crippen LogP contribution is 2.41. The molecule has 0 unspecified atom stereocenters. The Morgan fingerprint density at radius 2 is 2.04 bits per heavy atom. The highest BCUT2D eigenvalue weighted by molar-refractivity contribution is 6.07. The minimum atomic E-state index is -0.998. The van der Waals surface area contributed by atoms with Gasteiger partial charge in [0.15, 0.2) is 0 Å². The average Bonchev–Trinajstić information content (AvgIpc) is 3.47. The molecule has 2 aliphatic rings. The lowest BCUT2D eigenvalue weighted by Crippen LogP contribution is -2.37. The van der Waals surface area contributed by atoms with Crippen molar-refractivity contribution in [1.82, 2.24) is 15.0 Å². The van der Waals surface area contributed by atoms with Crippen LogP contribution in [0.1, 0.15) is 73.1 Å². The lowest BCUT2D eigenvalue weighted by atomic mass is 10.0. The van der Waals surface area contributed by atoms with Gasteiger partial charge in [0.2, 0.25) is 0 Å². The smallest absolute Gasteiger partial charge is 0.323 e. The van der Waals surface area contributed by atoms with Crippen LogP contribution in [0.2, 0.25) is 0 Å². The van der Waals surface area contributed by atoms with E-state index in [-0.39, 0.29) is 24.4 Å². The number of rotatable bonds is 6. The summed E-state index contributed by atoms with van der Waals surface area (Å²) >= 11 is 0. The zero-order chi connectivity index (χ0) is 17.7. The van der Waals surface area contributed by atoms with E-state index in [1.807, 2.05) is 19.9 Å². The second-order valence-electron chi connectivity index (χ2n) is 7.33. The number of pyridine rings is 1. The van der Waals surface area contributed by atoms with Crippen molar-refractivity contribution in [3.05, 3.63) is 23.0 Å². The normalized spacial score (nSPS) is 17.2. The molecule has 2 aromatic rings. The van der Waals surface area contributed by atoms with Crippen LogP contribution in [0.15, 0.2) is 10.6 Å². The molecule has 0 radical (unpaired) electrons. The van der Waals surface area contributed by atoms with Gasteiger partial charge in [0.25, 0.3) is 11.6 Å². The molecule has 0 atom stereocenters. The standard InChI is InChI=1S/C18H21N3O4/c1-9(2)16-15-12(18(24)21(8-14(22)23)11-5-6-11)7-13(10-3-4-10)19-17(15)25-20-16/h7,9-11H,3-6,8H2,1-2H3,(H,22,23). The van der Waals surface area contributed by atoms with Crippen LogP contribution < -0.4 is 0 Å². The summed E-state index contributed by atoms with van der Waals surface area (Å²) in [5.41, 5.74) is 2.39. The van der Waals surface area contributed by atoms with Gasteiger partial charge in [0.1, 0.15) is 6.54 Å². The summed E-state index contributed by atoms with van der Waals surface area (Å²) in [5, 5.41) is 13.9. The van der Waals surface area contributed by atoms with E-state index in [1.165, 1.54) is 4.90 Å². The third kappa shape index (κ3) is 2.99. The van der Waals surface area contributed by atoms with Crippen molar-refractivity contribution < 1.29 is 19.2 Å². The molecule has 2 aliphatic carbocycles. The maximum atomic E-state index is 13.2. The SMILES string of the molecule is CC(C)c1noc2nc(C3CC3)cc(C(=O)N(CC(=O)O)C3CC3)c12. The summed E-state index contributed by atoms with van der Waals surface area (Å²) in [7, 11) is 0. The van der Waals surface area contributed by atoms with E-state index in [4.69, 9.17) is 4.52 Å². The van der Waals surface area contributed by atoms with E-state index in [0.29, 0.717) is 28.3 Å². The Balaban J connectivity index is 1.84. The van der Waals surface area contributed by atoms with E-state index < -0.39 is 5.97 Å². The number of aliphatic carboxylic acids is 1. The maximum Gasteiger partial charge on any atom is 0.323 e. The molecule has 2 aromatic heterocycles. The van der Waals surface area contributed by atoms with Crippen molar-refractivity contribution in [3.63, 3.8) is 0 Å². The van der Waals surface area contributed by atoms with Gasteiger partial charge in [0, 0.05) is 17.7 Å². The van der Waals surface area contributed by atoms with E-state index in [0.717, 1.165) is 31.4 Å². The molecule has 132 valence electrons. The molecule has 0 bridgehead atoms. The Bertz CT molecular complexity index is 849. The monoisotopic (exact) mass is 343 g/mol. The number of fused-ring (bicyclic) bond motifs is 1. The Labute approximate surface area is 145 Å². The van der Waals surface area contributed by atoms with Gasteiger partial charge in [-0.2, -0.15) is 0 Å². The molecule has 25 heavy (non-hydrogen) atoms. The minimum Gasteiger partial charge on any atom is -0.480 e. The van der Waals surface area contributed by atoms with E-state index in [1.54, 1.807) is 0 Å². The topological polar surface area (TPSA) is 96.5 Å². The lowest BCUT2D eigenvalue weighted by molar-refractivity contribution is -0.137. The van der Waals surface area contributed by atoms with Gasteiger partial charge >= 0.3 is 5.97 Å². The first kappa shape index (κ1) is 16.1. The number of nitrogens with zero attached hydrogens (tertiary/aromatic N) is 3. The Morgan fingerprint density at radius 1 is 1.32 bits per heavy atom. The zero-order valence-electron chi connectivity index (χ0n) is 14.4. The van der Waals surface area contributed by atoms with Crippen LogP contribution in [-0.4, -0.2) is 44.6 Å². The summed E-state index contributed by atoms with van der Waals surface area (Å²) in [4.78, 5) is 30.4. The third-order valence-electron chi connectivity index (χ3n) is 4.82. The summed E-state index contributed by atoms with van der Waals surface area (Å²) in [5.74, 6) is -0.820. The molecule has 2 saturated carbocycles. The molecule has 7 heteroatoms. The van der Waals surface area contributed by atoms with Crippen LogP contribution in [0.4, 0.5) is 0 Å². The molecule has 0 spiro atoms. The van der Waals surface area contributed by atoms with Gasteiger partial charge in [-0.05, 0) is 37.7 Å². The van der Waals surface area contributed by atoms with Crippen molar-refractivity contribution in [2.45, 2.75) is 57.4 Å². The van der Waals surface area contributed by atoms with Gasteiger partial charge in [0.05, 0.1) is 16.6 Å². The molecule has 0 aromatic carbocycles. The van der Waals surface area contributed by atoms with Crippen molar-refractivity contribution in [2.75, 3.05) is 6.54 Å². The summed E-state index contributed by atoms with van der Waals surface area (Å²) < 4.78 is 5.41. The number of carboxylic acids is 1. The molecular weight excluding hydrogens is 322 g/mol. The molecule has 4 rings (SSSR count). The van der Waals surface area contributed by atoms with Crippen LogP contribution in [0.5, 0.6) is 0 Å². The molecule has 7 nitrogen and oxygen atoms in total. The van der Waals surface area contributed by atoms with Crippen LogP contribution in [-0.2, 0) is 4.79 Å². The van der Waals surface area contributed by atoms with Gasteiger partial charge in [-0.15, -0.1) is 0 Å². The fourth-order valence-electron chi connectivity index (χ4n) is 3.20. The largest absolute Gasteiger partial charge is 0.480 e. The summed E-state index contributed by atoms with van der Waals surface area (Å²) in [6.07, 6.45) is 3.81. The number of hydrogen-bond acceptors (Lipinski definition) is 5. The van der Waals surface area contributed by atoms with E-state index in [9.17, 15) is 14.7 Å². The average molecular weight is 343 g/mol. The van der Waals surface area contributed by atoms with Gasteiger partial charge < -0.3 is 14.5 Å². The molecule has 0 saturated heterocycles. The number of amides is 1. The number of hydrogen-bond donors (Lipinski definition) is 1. The molecule has 1 N–H and O–H groups in total. The van der Waals surface area contributed by atoms with Crippen molar-refractivity contribution in [3.8, 4) is 0 Å². The summed E-state index contributed by atoms with van der Waals surface area (Å²) in [6, 6.07) is 1.83. The highest BCUT2D eigenvalue weighted by atomic mass is 16.5. The van der Waals surface area contributed by atoms with Crippen LogP contribution in [0.3, 0.4) is 0 Å². The first-order chi connectivity index (χ1) is 12.0. The van der Waals surface area contributed by atoms with Crippen molar-refractivity contribution in [1.29, 1.82) is 0 Å². The molecular formula is C18H21N3O4. The fraction of sp³-hybridized carbons (Fsp3) is 0.556. The highest BCUT2D eigenvalue weighted by Gasteiger charge is 2.37. The minimum absolute atomic E-state index is 0.0125. The predicted octanol–water partition coefficient (Wildman–Crippen LogP) is 2.91. The van der Waals surface area contributed by atoms with E-state index in [2.05, 4.69) is 10.1 Å². The first-order valence-electron chi connectivity index (χ1n) is 8.78. The van der Waals surface area contributed by atoms with E-state index >= 15 is 0 Å². The molecule has 1 amide bonds. The van der Waals surface area contributed by atoms with Crippen LogP contribution >= 0.6 is 0 Å². The van der Waals surface area contributed by atoms with Crippen molar-refractivity contribution >= 4 is 23.0 Å². The Morgan fingerprint density at radius 3 is 2.60 bits per heavy atom. The Hall–Kier alpha value is -2.44. The summed E-state index contributed by atoms with van der Waals surface area (Å²) in [6.45, 7) is 3.68. The molecule has 0 aliphatic heterocycles. The fourth-order valence-corrected chi connectivity index (χ4v) is 3.20. The number of carbonyl (C=O) groups is 2. The van der Waals surface area contributed by atoms with Gasteiger partial charge in [-0.25, -0.2) is 4.98 Å².